The lowest BCUT2D eigenvalue weighted by Gasteiger charge is -2.55. The average Bonchev–Trinajstić information content (AvgIpc) is 2.94. The van der Waals surface area contributed by atoms with Crippen molar-refractivity contribution in [2.45, 2.75) is 56.4 Å². The molecule has 4 nitrogen and oxygen atoms in total. The molecule has 1 heterocycles. The first kappa shape index (κ1) is 14.1. The Morgan fingerprint density at radius 3 is 2.43 bits per heavy atom. The fourth-order valence-electron chi connectivity index (χ4n) is 5.35. The lowest BCUT2D eigenvalue weighted by Crippen LogP contribution is -2.49. The highest BCUT2D eigenvalue weighted by Crippen LogP contribution is 2.60. The maximum Gasteiger partial charge on any atom is 0.243 e. The van der Waals surface area contributed by atoms with Crippen molar-refractivity contribution in [3.05, 3.63) is 11.7 Å². The van der Waals surface area contributed by atoms with Gasteiger partial charge in [-0.3, -0.25) is 0 Å². The van der Waals surface area contributed by atoms with Crippen LogP contribution in [0, 0.1) is 17.8 Å². The smallest absolute Gasteiger partial charge is 0.243 e. The van der Waals surface area contributed by atoms with Gasteiger partial charge in [0.05, 0.1) is 6.04 Å². The molecule has 1 atom stereocenters. The summed E-state index contributed by atoms with van der Waals surface area (Å²) in [6, 6.07) is -0.104. The van der Waals surface area contributed by atoms with Crippen LogP contribution in [-0.4, -0.2) is 22.1 Å². The molecular weight excluding hydrogens is 282 g/mol. The van der Waals surface area contributed by atoms with E-state index in [0.29, 0.717) is 5.89 Å². The largest absolute Gasteiger partial charge is 0.338 e. The highest BCUT2D eigenvalue weighted by atomic mass is 32.2. The normalized spacial score (nSPS) is 38.9. The van der Waals surface area contributed by atoms with E-state index in [9.17, 15) is 0 Å². The van der Waals surface area contributed by atoms with E-state index in [1.807, 2.05) is 11.8 Å². The summed E-state index contributed by atoms with van der Waals surface area (Å²) in [5.41, 5.74) is 6.39. The van der Waals surface area contributed by atoms with Crippen LogP contribution in [0.4, 0.5) is 0 Å². The van der Waals surface area contributed by atoms with E-state index in [2.05, 4.69) is 11.4 Å². The molecule has 5 heteroatoms. The van der Waals surface area contributed by atoms with Crippen LogP contribution in [-0.2, 0) is 5.41 Å². The molecule has 0 amide bonds. The molecule has 2 N–H and O–H groups in total. The molecule has 0 aromatic carbocycles. The summed E-state index contributed by atoms with van der Waals surface area (Å²) in [7, 11) is 0. The standard InChI is InChI=1S/C16H25N3OS/c1-21-3-2-13(17)14-18-15(19-20-14)16-7-10-4-11(8-16)6-12(5-10)9-16/h10-13H,2-9,17H2,1H3/t10?,11?,12?,13-,16?/m1/s1. The third kappa shape index (κ3) is 2.42. The second kappa shape index (κ2) is 5.27. The second-order valence-electron chi connectivity index (χ2n) is 7.54. The number of hydrogen-bond acceptors (Lipinski definition) is 5. The molecule has 21 heavy (non-hydrogen) atoms. The summed E-state index contributed by atoms with van der Waals surface area (Å²) in [6.07, 6.45) is 11.2. The van der Waals surface area contributed by atoms with Gasteiger partial charge >= 0.3 is 0 Å². The van der Waals surface area contributed by atoms with Crippen LogP contribution in [0.15, 0.2) is 4.52 Å². The van der Waals surface area contributed by atoms with Crippen LogP contribution in [0.2, 0.25) is 0 Å². The van der Waals surface area contributed by atoms with Gasteiger partial charge < -0.3 is 10.3 Å². The zero-order chi connectivity index (χ0) is 14.4. The maximum atomic E-state index is 6.18. The molecule has 116 valence electrons. The molecule has 1 aromatic heterocycles. The number of thioether (sulfide) groups is 1. The van der Waals surface area contributed by atoms with Crippen molar-refractivity contribution >= 4 is 11.8 Å². The molecule has 0 radical (unpaired) electrons. The fraction of sp³-hybridized carbons (Fsp3) is 0.875. The first-order valence-corrected chi connectivity index (χ1v) is 9.66. The molecule has 0 aliphatic heterocycles. The van der Waals surface area contributed by atoms with Crippen LogP contribution >= 0.6 is 11.8 Å². The first-order valence-electron chi connectivity index (χ1n) is 8.27. The molecule has 1 aromatic rings. The van der Waals surface area contributed by atoms with Crippen LogP contribution in [0.5, 0.6) is 0 Å². The van der Waals surface area contributed by atoms with Crippen LogP contribution in [0.1, 0.15) is 62.7 Å². The Hall–Kier alpha value is -0.550. The molecule has 4 aliphatic rings. The van der Waals surface area contributed by atoms with Gasteiger partial charge in [-0.15, -0.1) is 0 Å². The Balaban J connectivity index is 1.55. The van der Waals surface area contributed by atoms with E-state index < -0.39 is 0 Å². The topological polar surface area (TPSA) is 64.9 Å². The Morgan fingerprint density at radius 1 is 1.24 bits per heavy atom. The quantitative estimate of drug-likeness (QED) is 0.904. The van der Waals surface area contributed by atoms with Crippen LogP contribution in [0.3, 0.4) is 0 Å². The Morgan fingerprint density at radius 2 is 1.86 bits per heavy atom. The van der Waals surface area contributed by atoms with Gasteiger partial charge in [0.25, 0.3) is 0 Å². The van der Waals surface area contributed by atoms with Crippen molar-refractivity contribution in [3.63, 3.8) is 0 Å². The molecule has 0 saturated heterocycles. The number of aromatic nitrogens is 2. The minimum absolute atomic E-state index is 0.104. The second-order valence-corrected chi connectivity index (χ2v) is 8.53. The summed E-state index contributed by atoms with van der Waals surface area (Å²) in [5, 5.41) is 4.36. The van der Waals surface area contributed by atoms with Gasteiger partial charge in [0.15, 0.2) is 5.82 Å². The Labute approximate surface area is 130 Å². The van der Waals surface area contributed by atoms with E-state index in [4.69, 9.17) is 15.2 Å². The summed E-state index contributed by atoms with van der Waals surface area (Å²) in [6.45, 7) is 0. The number of nitrogens with two attached hydrogens (primary N) is 1. The predicted molar refractivity (Wildman–Crippen MR) is 84.1 cm³/mol. The summed E-state index contributed by atoms with van der Waals surface area (Å²) < 4.78 is 5.52. The molecule has 4 fully saturated rings. The third-order valence-electron chi connectivity index (χ3n) is 5.90. The highest BCUT2D eigenvalue weighted by molar-refractivity contribution is 7.98. The van der Waals surface area contributed by atoms with Crippen LogP contribution in [0.25, 0.3) is 0 Å². The van der Waals surface area contributed by atoms with Gasteiger partial charge in [-0.1, -0.05) is 5.16 Å². The zero-order valence-electron chi connectivity index (χ0n) is 12.8. The average molecular weight is 307 g/mol. The van der Waals surface area contributed by atoms with Crippen molar-refractivity contribution in [2.24, 2.45) is 23.5 Å². The fourth-order valence-corrected chi connectivity index (χ4v) is 5.84. The molecular formula is C16H25N3OS. The summed E-state index contributed by atoms with van der Waals surface area (Å²) in [4.78, 5) is 4.74. The van der Waals surface area contributed by atoms with E-state index in [1.165, 1.54) is 38.5 Å². The van der Waals surface area contributed by atoms with Gasteiger partial charge in [-0.05, 0) is 74.7 Å². The van der Waals surface area contributed by atoms with Crippen molar-refractivity contribution in [2.75, 3.05) is 12.0 Å². The van der Waals surface area contributed by atoms with E-state index >= 15 is 0 Å². The lowest BCUT2D eigenvalue weighted by atomic mass is 9.49. The number of hydrogen-bond donors (Lipinski definition) is 1. The molecule has 4 saturated carbocycles. The zero-order valence-corrected chi connectivity index (χ0v) is 13.6. The maximum absolute atomic E-state index is 6.18. The highest BCUT2D eigenvalue weighted by Gasteiger charge is 2.53. The van der Waals surface area contributed by atoms with Gasteiger partial charge in [0.2, 0.25) is 5.89 Å². The number of rotatable bonds is 5. The minimum atomic E-state index is -0.104. The predicted octanol–water partition coefficient (Wildman–Crippen LogP) is 3.29. The summed E-state index contributed by atoms with van der Waals surface area (Å²) >= 11 is 1.81. The molecule has 5 rings (SSSR count). The van der Waals surface area contributed by atoms with Crippen molar-refractivity contribution in [3.8, 4) is 0 Å². The molecule has 0 unspecified atom stereocenters. The molecule has 0 spiro atoms. The lowest BCUT2D eigenvalue weighted by molar-refractivity contribution is -0.0103. The van der Waals surface area contributed by atoms with Gasteiger partial charge in [-0.2, -0.15) is 16.7 Å². The van der Waals surface area contributed by atoms with E-state index in [1.54, 1.807) is 0 Å². The molecule has 4 bridgehead atoms. The van der Waals surface area contributed by atoms with Gasteiger partial charge in [0, 0.05) is 5.41 Å². The van der Waals surface area contributed by atoms with Gasteiger partial charge in [0.1, 0.15) is 0 Å². The first-order chi connectivity index (χ1) is 10.2. The summed E-state index contributed by atoms with van der Waals surface area (Å²) in [5.74, 6) is 5.37. The number of nitrogens with zero attached hydrogens (tertiary/aromatic N) is 2. The third-order valence-corrected chi connectivity index (χ3v) is 6.55. The van der Waals surface area contributed by atoms with Crippen molar-refractivity contribution < 1.29 is 4.52 Å². The van der Waals surface area contributed by atoms with Crippen LogP contribution < -0.4 is 5.73 Å². The van der Waals surface area contributed by atoms with E-state index in [-0.39, 0.29) is 11.5 Å². The van der Waals surface area contributed by atoms with Crippen molar-refractivity contribution in [1.29, 1.82) is 0 Å². The Bertz CT molecular complexity index is 480. The molecule has 4 aliphatic carbocycles. The SMILES string of the molecule is CSCC[C@@H](N)c1nc(C23CC4CC(CC(C4)C2)C3)no1. The monoisotopic (exact) mass is 307 g/mol. The van der Waals surface area contributed by atoms with Crippen molar-refractivity contribution in [1.82, 2.24) is 10.1 Å². The minimum Gasteiger partial charge on any atom is -0.338 e. The van der Waals surface area contributed by atoms with E-state index in [0.717, 1.165) is 35.8 Å². The Kier molecular flexibility index (Phi) is 3.53. The van der Waals surface area contributed by atoms with Gasteiger partial charge in [-0.25, -0.2) is 0 Å².